The molecule has 3 aromatic carbocycles. The molecular weight excluding hydrogens is 553 g/mol. The minimum absolute atomic E-state index is 0.0590. The molecule has 9 heteroatoms. The van der Waals surface area contributed by atoms with Crippen LogP contribution in [0.15, 0.2) is 93.9 Å². The van der Waals surface area contributed by atoms with Crippen LogP contribution in [0.3, 0.4) is 0 Å². The molecule has 0 unspecified atom stereocenters. The van der Waals surface area contributed by atoms with E-state index in [0.29, 0.717) is 22.0 Å². The molecule has 7 nitrogen and oxygen atoms in total. The Bertz CT molecular complexity index is 1780. The number of nitrogens with one attached hydrogen (secondary N) is 1. The highest BCUT2D eigenvalue weighted by molar-refractivity contribution is 7.99. The molecule has 6 rings (SSSR count). The van der Waals surface area contributed by atoms with Gasteiger partial charge in [-0.1, -0.05) is 66.4 Å². The molecule has 2 aromatic heterocycles. The Morgan fingerprint density at radius 1 is 1.02 bits per heavy atom. The van der Waals surface area contributed by atoms with Crippen LogP contribution in [-0.4, -0.2) is 34.5 Å². The van der Waals surface area contributed by atoms with Gasteiger partial charge in [0.05, 0.1) is 30.2 Å². The van der Waals surface area contributed by atoms with E-state index in [4.69, 9.17) is 9.72 Å². The molecule has 41 heavy (non-hydrogen) atoms. The van der Waals surface area contributed by atoms with Crippen molar-refractivity contribution in [3.8, 4) is 22.6 Å². The number of rotatable bonds is 8. The number of thioether (sulfide) groups is 1. The number of hydrazone groups is 1. The van der Waals surface area contributed by atoms with E-state index < -0.39 is 0 Å². The summed E-state index contributed by atoms with van der Waals surface area (Å²) in [6, 6.07) is 25.4. The van der Waals surface area contributed by atoms with Gasteiger partial charge in [0.15, 0.2) is 5.16 Å². The lowest BCUT2D eigenvalue weighted by Gasteiger charge is -2.14. The summed E-state index contributed by atoms with van der Waals surface area (Å²) >= 11 is 2.82. The minimum Gasteiger partial charge on any atom is -0.497 e. The van der Waals surface area contributed by atoms with E-state index in [1.165, 1.54) is 16.6 Å². The van der Waals surface area contributed by atoms with E-state index in [-0.39, 0.29) is 17.2 Å². The Labute approximate surface area is 245 Å². The van der Waals surface area contributed by atoms with Gasteiger partial charge in [0.25, 0.3) is 11.5 Å². The average Bonchev–Trinajstić information content (AvgIpc) is 3.40. The largest absolute Gasteiger partial charge is 0.497 e. The number of carbonyl (C=O) groups excluding carboxylic acids is 1. The van der Waals surface area contributed by atoms with E-state index in [9.17, 15) is 9.59 Å². The number of carbonyl (C=O) groups is 1. The number of hydrogen-bond acceptors (Lipinski definition) is 7. The van der Waals surface area contributed by atoms with Crippen molar-refractivity contribution in [2.45, 2.75) is 30.8 Å². The number of nitrogens with zero attached hydrogens (tertiary/aromatic N) is 3. The van der Waals surface area contributed by atoms with E-state index in [1.54, 1.807) is 29.2 Å². The number of methoxy groups -OCH3 is 1. The van der Waals surface area contributed by atoms with Gasteiger partial charge in [-0.15, -0.1) is 11.3 Å². The maximum absolute atomic E-state index is 13.9. The molecule has 1 amide bonds. The van der Waals surface area contributed by atoms with Crippen molar-refractivity contribution in [2.24, 2.45) is 5.10 Å². The predicted octanol–water partition coefficient (Wildman–Crippen LogP) is 6.24. The standard InChI is InChI=1S/C32H28N4O3S2/c1-39-25-17-15-24(16-18-25)36-31(38)29-26-9-5-6-10-27(26)41-30(29)34-32(36)40-20-28(37)35-33-19-21-11-13-23(14-12-21)22-7-3-2-4-8-22/h2-4,7-8,11-19H,5-6,9-10,20H2,1H3,(H,35,37). The normalized spacial score (nSPS) is 12.9. The minimum atomic E-state index is -0.284. The lowest BCUT2D eigenvalue weighted by atomic mass is 9.97. The van der Waals surface area contributed by atoms with Gasteiger partial charge in [-0.3, -0.25) is 14.2 Å². The van der Waals surface area contributed by atoms with Gasteiger partial charge in [-0.2, -0.15) is 5.10 Å². The third-order valence-corrected chi connectivity index (χ3v) is 9.17. The summed E-state index contributed by atoms with van der Waals surface area (Å²) in [7, 11) is 1.61. The number of aryl methyl sites for hydroxylation is 2. The third kappa shape index (κ3) is 5.82. The number of hydrogen-bond donors (Lipinski definition) is 1. The second-order valence-electron chi connectivity index (χ2n) is 9.69. The molecule has 1 aliphatic carbocycles. The topological polar surface area (TPSA) is 85.6 Å². The lowest BCUT2D eigenvalue weighted by molar-refractivity contribution is -0.118. The van der Waals surface area contributed by atoms with Crippen molar-refractivity contribution in [3.05, 3.63) is 105 Å². The van der Waals surface area contributed by atoms with Crippen LogP contribution in [-0.2, 0) is 17.6 Å². The monoisotopic (exact) mass is 580 g/mol. The van der Waals surface area contributed by atoms with Crippen molar-refractivity contribution in [2.75, 3.05) is 12.9 Å². The van der Waals surface area contributed by atoms with Crippen LogP contribution < -0.4 is 15.7 Å². The molecule has 2 heterocycles. The van der Waals surface area contributed by atoms with E-state index >= 15 is 0 Å². The van der Waals surface area contributed by atoms with Crippen LogP contribution in [0.25, 0.3) is 27.0 Å². The average molecular weight is 581 g/mol. The van der Waals surface area contributed by atoms with Gasteiger partial charge in [0, 0.05) is 4.88 Å². The maximum Gasteiger partial charge on any atom is 0.267 e. The highest BCUT2D eigenvalue weighted by Crippen LogP contribution is 2.35. The SMILES string of the molecule is COc1ccc(-n2c(SCC(=O)NN=Cc3ccc(-c4ccccc4)cc3)nc3sc4c(c3c2=O)CCCC4)cc1. The smallest absolute Gasteiger partial charge is 0.267 e. The summed E-state index contributed by atoms with van der Waals surface area (Å²) in [6.45, 7) is 0. The second kappa shape index (κ2) is 12.1. The van der Waals surface area contributed by atoms with Crippen LogP contribution in [0.1, 0.15) is 28.8 Å². The summed E-state index contributed by atoms with van der Waals surface area (Å²) in [6.07, 6.45) is 5.71. The molecule has 1 N–H and O–H groups in total. The fraction of sp³-hybridized carbons (Fsp3) is 0.188. The van der Waals surface area contributed by atoms with Gasteiger partial charge < -0.3 is 4.74 Å². The predicted molar refractivity (Wildman–Crippen MR) is 167 cm³/mol. The Kier molecular flexibility index (Phi) is 7.98. The zero-order valence-corrected chi connectivity index (χ0v) is 24.1. The number of fused-ring (bicyclic) bond motifs is 3. The Morgan fingerprint density at radius 3 is 2.51 bits per heavy atom. The molecule has 1 aliphatic rings. The summed E-state index contributed by atoms with van der Waals surface area (Å²) in [4.78, 5) is 33.5. The van der Waals surface area contributed by atoms with Crippen molar-refractivity contribution >= 4 is 45.4 Å². The fourth-order valence-electron chi connectivity index (χ4n) is 4.98. The molecular formula is C32H28N4O3S2. The molecule has 0 saturated carbocycles. The zero-order valence-electron chi connectivity index (χ0n) is 22.5. The van der Waals surface area contributed by atoms with Crippen LogP contribution >= 0.6 is 23.1 Å². The number of thiophene rings is 1. The van der Waals surface area contributed by atoms with Crippen molar-refractivity contribution in [3.63, 3.8) is 0 Å². The van der Waals surface area contributed by atoms with Gasteiger partial charge in [0.2, 0.25) is 0 Å². The van der Waals surface area contributed by atoms with E-state index in [0.717, 1.165) is 52.8 Å². The molecule has 0 fully saturated rings. The Morgan fingerprint density at radius 2 is 1.76 bits per heavy atom. The van der Waals surface area contributed by atoms with Crippen molar-refractivity contribution < 1.29 is 9.53 Å². The van der Waals surface area contributed by atoms with Crippen LogP contribution in [0, 0.1) is 0 Å². The summed E-state index contributed by atoms with van der Waals surface area (Å²) in [5, 5.41) is 5.31. The number of ether oxygens (including phenoxy) is 1. The van der Waals surface area contributed by atoms with Gasteiger partial charge in [-0.25, -0.2) is 10.4 Å². The first-order valence-corrected chi connectivity index (χ1v) is 15.2. The van der Waals surface area contributed by atoms with Gasteiger partial charge in [-0.05, 0) is 72.2 Å². The van der Waals surface area contributed by atoms with Crippen LogP contribution in [0.5, 0.6) is 5.75 Å². The molecule has 0 radical (unpaired) electrons. The number of aromatic nitrogens is 2. The summed E-state index contributed by atoms with van der Waals surface area (Å²) in [5.74, 6) is 0.474. The fourth-order valence-corrected chi connectivity index (χ4v) is 7.08. The number of benzene rings is 3. The quantitative estimate of drug-likeness (QED) is 0.102. The highest BCUT2D eigenvalue weighted by Gasteiger charge is 2.23. The molecule has 0 bridgehead atoms. The molecule has 0 atom stereocenters. The lowest BCUT2D eigenvalue weighted by Crippen LogP contribution is -2.24. The van der Waals surface area contributed by atoms with E-state index in [1.807, 2.05) is 66.7 Å². The molecule has 0 saturated heterocycles. The Balaban J connectivity index is 1.20. The highest BCUT2D eigenvalue weighted by atomic mass is 32.2. The van der Waals surface area contributed by atoms with Crippen molar-refractivity contribution in [1.82, 2.24) is 15.0 Å². The van der Waals surface area contributed by atoms with Crippen LogP contribution in [0.4, 0.5) is 0 Å². The van der Waals surface area contributed by atoms with Crippen LogP contribution in [0.2, 0.25) is 0 Å². The molecule has 0 spiro atoms. The molecule has 0 aliphatic heterocycles. The first-order chi connectivity index (χ1) is 20.1. The van der Waals surface area contributed by atoms with Gasteiger partial charge in [0.1, 0.15) is 10.6 Å². The van der Waals surface area contributed by atoms with Crippen molar-refractivity contribution in [1.29, 1.82) is 0 Å². The Hall–Kier alpha value is -4.21. The first kappa shape index (κ1) is 27.0. The first-order valence-electron chi connectivity index (χ1n) is 13.4. The second-order valence-corrected chi connectivity index (χ2v) is 11.7. The molecule has 206 valence electrons. The van der Waals surface area contributed by atoms with Gasteiger partial charge >= 0.3 is 0 Å². The zero-order chi connectivity index (χ0) is 28.2. The third-order valence-electron chi connectivity index (χ3n) is 7.04. The maximum atomic E-state index is 13.9. The number of amides is 1. The summed E-state index contributed by atoms with van der Waals surface area (Å²) < 4.78 is 6.91. The molecule has 5 aromatic rings. The van der Waals surface area contributed by atoms with E-state index in [2.05, 4.69) is 22.7 Å². The summed E-state index contributed by atoms with van der Waals surface area (Å²) in [5.41, 5.74) is 7.44.